The predicted octanol–water partition coefficient (Wildman–Crippen LogP) is 1.77. The largest absolute Gasteiger partial charge is 0.346 e. The van der Waals surface area contributed by atoms with Gasteiger partial charge in [-0.25, -0.2) is 9.97 Å². The van der Waals surface area contributed by atoms with E-state index in [2.05, 4.69) is 31.2 Å². The molecule has 1 unspecified atom stereocenters. The van der Waals surface area contributed by atoms with E-state index in [9.17, 15) is 4.79 Å². The number of halogens is 1. The van der Waals surface area contributed by atoms with Gasteiger partial charge in [0.05, 0.1) is 5.56 Å². The van der Waals surface area contributed by atoms with Gasteiger partial charge in [0.25, 0.3) is 5.91 Å². The molecule has 0 aliphatic carbocycles. The summed E-state index contributed by atoms with van der Waals surface area (Å²) in [5, 5.41) is 2.91. The second-order valence-corrected chi connectivity index (χ2v) is 5.29. The highest BCUT2D eigenvalue weighted by atomic mass is 79.9. The van der Waals surface area contributed by atoms with Gasteiger partial charge in [-0.2, -0.15) is 0 Å². The molecule has 0 saturated heterocycles. The molecule has 1 heterocycles. The minimum absolute atomic E-state index is 0.160. The van der Waals surface area contributed by atoms with Crippen LogP contribution in [0.3, 0.4) is 0 Å². The third-order valence-electron chi connectivity index (χ3n) is 2.25. The summed E-state index contributed by atoms with van der Waals surface area (Å²) < 4.78 is 0. The molecular weight excluding hydrogens is 258 g/mol. The summed E-state index contributed by atoms with van der Waals surface area (Å²) >= 11 is 3.45. The molecule has 4 nitrogen and oxygen atoms in total. The summed E-state index contributed by atoms with van der Waals surface area (Å²) in [5.41, 5.74) is 0.158. The topological polar surface area (TPSA) is 54.9 Å². The molecule has 1 rings (SSSR count). The van der Waals surface area contributed by atoms with E-state index in [4.69, 9.17) is 0 Å². The number of nitrogens with zero attached hydrogens (tertiary/aromatic N) is 2. The Balaban J connectivity index is 2.73. The molecule has 0 aromatic carbocycles. The van der Waals surface area contributed by atoms with Gasteiger partial charge in [0.1, 0.15) is 6.33 Å². The lowest BCUT2D eigenvalue weighted by Gasteiger charge is -2.29. The fourth-order valence-corrected chi connectivity index (χ4v) is 0.995. The van der Waals surface area contributed by atoms with Crippen molar-refractivity contribution in [2.45, 2.75) is 31.1 Å². The molecular formula is C10H14BrN3O. The van der Waals surface area contributed by atoms with E-state index < -0.39 is 0 Å². The predicted molar refractivity (Wildman–Crippen MR) is 62.0 cm³/mol. The van der Waals surface area contributed by atoms with Gasteiger partial charge in [0, 0.05) is 22.8 Å². The zero-order valence-corrected chi connectivity index (χ0v) is 10.6. The molecule has 0 fully saturated rings. The highest BCUT2D eigenvalue weighted by Gasteiger charge is 2.26. The second kappa shape index (κ2) is 4.70. The molecule has 1 atom stereocenters. The Morgan fingerprint density at radius 3 is 2.47 bits per heavy atom. The van der Waals surface area contributed by atoms with E-state index in [1.165, 1.54) is 18.7 Å². The molecule has 15 heavy (non-hydrogen) atoms. The van der Waals surface area contributed by atoms with Gasteiger partial charge in [0.15, 0.2) is 0 Å². The molecule has 0 aliphatic rings. The minimum Gasteiger partial charge on any atom is -0.346 e. The van der Waals surface area contributed by atoms with Crippen LogP contribution in [0.2, 0.25) is 0 Å². The van der Waals surface area contributed by atoms with Gasteiger partial charge in [-0.15, -0.1) is 0 Å². The number of alkyl halides is 1. The first-order valence-corrected chi connectivity index (χ1v) is 5.56. The van der Waals surface area contributed by atoms with Crippen molar-refractivity contribution in [3.8, 4) is 0 Å². The normalized spacial score (nSPS) is 13.3. The average Bonchev–Trinajstić information content (AvgIpc) is 2.18. The molecule has 5 heteroatoms. The van der Waals surface area contributed by atoms with Gasteiger partial charge in [0.2, 0.25) is 0 Å². The van der Waals surface area contributed by atoms with E-state index in [0.717, 1.165) is 0 Å². The lowest BCUT2D eigenvalue weighted by molar-refractivity contribution is 0.0913. The number of hydrogen-bond acceptors (Lipinski definition) is 3. The Morgan fingerprint density at radius 1 is 1.47 bits per heavy atom. The molecule has 1 amide bonds. The summed E-state index contributed by atoms with van der Waals surface area (Å²) in [6.45, 7) is 5.89. The Labute approximate surface area is 97.6 Å². The maximum Gasteiger partial charge on any atom is 0.254 e. The average molecular weight is 272 g/mol. The summed E-state index contributed by atoms with van der Waals surface area (Å²) in [6, 6.07) is 0. The molecule has 0 aliphatic heterocycles. The first-order chi connectivity index (χ1) is 6.93. The number of amides is 1. The SMILES string of the molecule is CC(Br)C(C)(C)NC(=O)c1cncnc1. The number of hydrogen-bond donors (Lipinski definition) is 1. The number of nitrogens with one attached hydrogen (secondary N) is 1. The van der Waals surface area contributed by atoms with Gasteiger partial charge in [-0.05, 0) is 13.8 Å². The van der Waals surface area contributed by atoms with E-state index >= 15 is 0 Å². The summed E-state index contributed by atoms with van der Waals surface area (Å²) in [4.78, 5) is 19.5. The zero-order valence-electron chi connectivity index (χ0n) is 8.99. The number of rotatable bonds is 3. The maximum atomic E-state index is 11.8. The van der Waals surface area contributed by atoms with Crippen molar-refractivity contribution in [3.05, 3.63) is 24.3 Å². The van der Waals surface area contributed by atoms with Crippen LogP contribution in [-0.4, -0.2) is 26.2 Å². The van der Waals surface area contributed by atoms with Crippen LogP contribution in [0, 0.1) is 0 Å². The van der Waals surface area contributed by atoms with Crippen LogP contribution in [0.4, 0.5) is 0 Å². The molecule has 82 valence electrons. The van der Waals surface area contributed by atoms with Crippen LogP contribution in [-0.2, 0) is 0 Å². The first-order valence-electron chi connectivity index (χ1n) is 4.65. The van der Waals surface area contributed by atoms with Gasteiger partial charge in [-0.1, -0.05) is 22.9 Å². The fraction of sp³-hybridized carbons (Fsp3) is 0.500. The lowest BCUT2D eigenvalue weighted by atomic mass is 10.0. The van der Waals surface area contributed by atoms with Crippen LogP contribution in [0.5, 0.6) is 0 Å². The smallest absolute Gasteiger partial charge is 0.254 e. The van der Waals surface area contributed by atoms with Crippen molar-refractivity contribution in [3.63, 3.8) is 0 Å². The first kappa shape index (κ1) is 12.1. The van der Waals surface area contributed by atoms with Gasteiger partial charge in [-0.3, -0.25) is 4.79 Å². The van der Waals surface area contributed by atoms with E-state index in [-0.39, 0.29) is 16.3 Å². The number of carbonyl (C=O) groups excluding carboxylic acids is 1. The Kier molecular flexibility index (Phi) is 3.79. The van der Waals surface area contributed by atoms with Gasteiger partial charge < -0.3 is 5.32 Å². The van der Waals surface area contributed by atoms with Crippen molar-refractivity contribution in [1.82, 2.24) is 15.3 Å². The van der Waals surface area contributed by atoms with Crippen molar-refractivity contribution >= 4 is 21.8 Å². The Morgan fingerprint density at radius 2 is 2.00 bits per heavy atom. The molecule has 0 saturated carbocycles. The quantitative estimate of drug-likeness (QED) is 0.853. The van der Waals surface area contributed by atoms with Gasteiger partial charge >= 0.3 is 0 Å². The number of carbonyl (C=O) groups is 1. The van der Waals surface area contributed by atoms with Crippen LogP contribution >= 0.6 is 15.9 Å². The van der Waals surface area contributed by atoms with Crippen molar-refractivity contribution < 1.29 is 4.79 Å². The maximum absolute atomic E-state index is 11.8. The van der Waals surface area contributed by atoms with Crippen LogP contribution in [0.15, 0.2) is 18.7 Å². The van der Waals surface area contributed by atoms with Crippen LogP contribution in [0.25, 0.3) is 0 Å². The van der Waals surface area contributed by atoms with E-state index in [1.54, 1.807) is 0 Å². The summed E-state index contributed by atoms with van der Waals surface area (Å²) in [5.74, 6) is -0.160. The molecule has 0 bridgehead atoms. The molecule has 1 aromatic heterocycles. The highest BCUT2D eigenvalue weighted by molar-refractivity contribution is 9.09. The molecule has 1 aromatic rings. The molecule has 0 radical (unpaired) electrons. The number of aromatic nitrogens is 2. The van der Waals surface area contributed by atoms with E-state index in [0.29, 0.717) is 5.56 Å². The standard InChI is InChI=1S/C10H14BrN3O/c1-7(11)10(2,3)14-9(15)8-4-12-6-13-5-8/h4-7H,1-3H3,(H,14,15). The zero-order chi connectivity index (χ0) is 11.5. The van der Waals surface area contributed by atoms with Crippen LogP contribution < -0.4 is 5.32 Å². The third kappa shape index (κ3) is 3.27. The molecule has 0 spiro atoms. The summed E-state index contributed by atoms with van der Waals surface area (Å²) in [7, 11) is 0. The monoisotopic (exact) mass is 271 g/mol. The van der Waals surface area contributed by atoms with Crippen molar-refractivity contribution in [1.29, 1.82) is 0 Å². The lowest BCUT2D eigenvalue weighted by Crippen LogP contribution is -2.48. The minimum atomic E-state index is -0.313. The Bertz CT molecular complexity index is 338. The van der Waals surface area contributed by atoms with E-state index in [1.807, 2.05) is 20.8 Å². The fourth-order valence-electron chi connectivity index (χ4n) is 0.881. The molecule has 1 N–H and O–H groups in total. The Hall–Kier alpha value is -0.970. The highest BCUT2D eigenvalue weighted by Crippen LogP contribution is 2.17. The summed E-state index contributed by atoms with van der Waals surface area (Å²) in [6.07, 6.45) is 4.39. The van der Waals surface area contributed by atoms with Crippen LogP contribution in [0.1, 0.15) is 31.1 Å². The van der Waals surface area contributed by atoms with Crippen molar-refractivity contribution in [2.75, 3.05) is 0 Å². The third-order valence-corrected chi connectivity index (χ3v) is 3.40. The van der Waals surface area contributed by atoms with Crippen molar-refractivity contribution in [2.24, 2.45) is 0 Å². The second-order valence-electron chi connectivity index (χ2n) is 3.92.